The third kappa shape index (κ3) is 8.60. The van der Waals surface area contributed by atoms with E-state index in [-0.39, 0.29) is 29.4 Å². The second-order valence-corrected chi connectivity index (χ2v) is 7.71. The average molecular weight is 499 g/mol. The Hall–Kier alpha value is -1.61. The summed E-state index contributed by atoms with van der Waals surface area (Å²) in [6.07, 6.45) is 1.80. The Morgan fingerprint density at radius 2 is 1.89 bits per heavy atom. The minimum absolute atomic E-state index is 0. The highest BCUT2D eigenvalue weighted by molar-refractivity contribution is 14.0. The summed E-state index contributed by atoms with van der Waals surface area (Å²) in [6, 6.07) is 10.5. The Kier molecular flexibility index (Phi) is 10.5. The number of halogens is 1. The quantitative estimate of drug-likeness (QED) is 0.329. The van der Waals surface area contributed by atoms with Crippen molar-refractivity contribution in [1.82, 2.24) is 20.5 Å². The Balaban J connectivity index is 0.00000392. The fourth-order valence-corrected chi connectivity index (χ4v) is 2.56. The van der Waals surface area contributed by atoms with Gasteiger partial charge >= 0.3 is 0 Å². The third-order valence-electron chi connectivity index (χ3n) is 4.09. The molecule has 0 unspecified atom stereocenters. The molecule has 28 heavy (non-hydrogen) atoms. The van der Waals surface area contributed by atoms with Gasteiger partial charge in [0.25, 0.3) is 0 Å². The van der Waals surface area contributed by atoms with Crippen LogP contribution in [0.5, 0.6) is 0 Å². The molecule has 1 aromatic heterocycles. The summed E-state index contributed by atoms with van der Waals surface area (Å²) in [5.74, 6) is 2.30. The standard InChI is InChI=1S/C21H33N5O.HI/c1-6-22-20(25-15-19-24-14-18(27-19)21(2,3)4)23-12-13-26(5)16-17-10-8-7-9-11-17;/h7-11,14H,6,12-13,15-16H2,1-5H3,(H2,22,23,25);1H. The Bertz CT molecular complexity index is 709. The van der Waals surface area contributed by atoms with E-state index in [1.165, 1.54) is 5.56 Å². The van der Waals surface area contributed by atoms with E-state index in [0.717, 1.165) is 37.9 Å². The molecule has 0 fully saturated rings. The maximum absolute atomic E-state index is 5.80. The van der Waals surface area contributed by atoms with Crippen LogP contribution in [0, 0.1) is 0 Å². The van der Waals surface area contributed by atoms with Gasteiger partial charge in [-0.15, -0.1) is 24.0 Å². The van der Waals surface area contributed by atoms with Crippen molar-refractivity contribution in [3.63, 3.8) is 0 Å². The van der Waals surface area contributed by atoms with Crippen LogP contribution in [0.4, 0.5) is 0 Å². The first-order chi connectivity index (χ1) is 12.9. The average Bonchev–Trinajstić information content (AvgIpc) is 3.10. The van der Waals surface area contributed by atoms with Crippen molar-refractivity contribution < 1.29 is 4.42 Å². The fourth-order valence-electron chi connectivity index (χ4n) is 2.56. The molecule has 1 aromatic carbocycles. The predicted octanol–water partition coefficient (Wildman–Crippen LogP) is 3.78. The van der Waals surface area contributed by atoms with Gasteiger partial charge in [0, 0.05) is 31.6 Å². The smallest absolute Gasteiger partial charge is 0.216 e. The van der Waals surface area contributed by atoms with Gasteiger partial charge < -0.3 is 20.0 Å². The summed E-state index contributed by atoms with van der Waals surface area (Å²) in [4.78, 5) is 11.2. The van der Waals surface area contributed by atoms with Crippen LogP contribution in [-0.2, 0) is 18.5 Å². The van der Waals surface area contributed by atoms with Crippen molar-refractivity contribution in [2.75, 3.05) is 26.7 Å². The van der Waals surface area contributed by atoms with Crippen molar-refractivity contribution in [2.45, 2.75) is 46.2 Å². The fraction of sp³-hybridized carbons (Fsp3) is 0.524. The zero-order valence-electron chi connectivity index (χ0n) is 17.7. The molecular formula is C21H34IN5O. The molecular weight excluding hydrogens is 465 g/mol. The molecule has 6 nitrogen and oxygen atoms in total. The Morgan fingerprint density at radius 1 is 1.18 bits per heavy atom. The lowest BCUT2D eigenvalue weighted by Gasteiger charge is -2.18. The molecule has 0 saturated carbocycles. The highest BCUT2D eigenvalue weighted by atomic mass is 127. The molecule has 0 aliphatic carbocycles. The SMILES string of the molecule is CCNC(=NCc1ncc(C(C)(C)C)o1)NCCN(C)Cc1ccccc1.I. The minimum Gasteiger partial charge on any atom is -0.443 e. The molecule has 0 amide bonds. The number of guanidine groups is 1. The van der Waals surface area contributed by atoms with Crippen LogP contribution in [0.1, 0.15) is 44.9 Å². The van der Waals surface area contributed by atoms with Gasteiger partial charge in [-0.2, -0.15) is 0 Å². The number of aromatic nitrogens is 1. The van der Waals surface area contributed by atoms with Crippen LogP contribution in [0.25, 0.3) is 0 Å². The summed E-state index contributed by atoms with van der Waals surface area (Å²) in [5, 5.41) is 6.64. The first-order valence-electron chi connectivity index (χ1n) is 9.58. The number of nitrogens with one attached hydrogen (secondary N) is 2. The molecule has 2 N–H and O–H groups in total. The molecule has 0 radical (unpaired) electrons. The summed E-state index contributed by atoms with van der Waals surface area (Å²) >= 11 is 0. The largest absolute Gasteiger partial charge is 0.443 e. The molecule has 2 rings (SSSR count). The molecule has 0 saturated heterocycles. The highest BCUT2D eigenvalue weighted by Crippen LogP contribution is 2.22. The third-order valence-corrected chi connectivity index (χ3v) is 4.09. The molecule has 2 aromatic rings. The lowest BCUT2D eigenvalue weighted by atomic mass is 9.94. The molecule has 0 spiro atoms. The monoisotopic (exact) mass is 499 g/mol. The van der Waals surface area contributed by atoms with E-state index in [4.69, 9.17) is 4.42 Å². The molecule has 0 bridgehead atoms. The van der Waals surface area contributed by atoms with E-state index in [1.807, 2.05) is 6.07 Å². The van der Waals surface area contributed by atoms with E-state index in [1.54, 1.807) is 6.20 Å². The summed E-state index contributed by atoms with van der Waals surface area (Å²) in [7, 11) is 2.12. The predicted molar refractivity (Wildman–Crippen MR) is 126 cm³/mol. The normalized spacial score (nSPS) is 12.0. The molecule has 1 heterocycles. The van der Waals surface area contributed by atoms with Crippen LogP contribution in [0.15, 0.2) is 45.9 Å². The number of hydrogen-bond acceptors (Lipinski definition) is 4. The zero-order valence-corrected chi connectivity index (χ0v) is 20.0. The van der Waals surface area contributed by atoms with Crippen LogP contribution in [0.3, 0.4) is 0 Å². The van der Waals surface area contributed by atoms with Gasteiger partial charge in [-0.3, -0.25) is 0 Å². The summed E-state index contributed by atoms with van der Waals surface area (Å²) in [5.41, 5.74) is 1.28. The van der Waals surface area contributed by atoms with Gasteiger partial charge in [0.05, 0.1) is 6.20 Å². The number of likely N-dealkylation sites (N-methyl/N-ethyl adjacent to an activating group) is 1. The number of benzene rings is 1. The van der Waals surface area contributed by atoms with Crippen LogP contribution in [-0.4, -0.2) is 42.5 Å². The number of aliphatic imine (C=N–C) groups is 1. The molecule has 156 valence electrons. The maximum Gasteiger partial charge on any atom is 0.216 e. The molecule has 0 atom stereocenters. The Morgan fingerprint density at radius 3 is 2.50 bits per heavy atom. The van der Waals surface area contributed by atoms with E-state index in [2.05, 4.69) is 84.5 Å². The number of rotatable bonds is 8. The van der Waals surface area contributed by atoms with Gasteiger partial charge in [0.15, 0.2) is 5.96 Å². The first-order valence-corrected chi connectivity index (χ1v) is 9.58. The second kappa shape index (κ2) is 12.1. The lowest BCUT2D eigenvalue weighted by molar-refractivity contribution is 0.331. The zero-order chi connectivity index (χ0) is 19.7. The van der Waals surface area contributed by atoms with Gasteiger partial charge in [-0.25, -0.2) is 9.98 Å². The number of hydrogen-bond donors (Lipinski definition) is 2. The summed E-state index contributed by atoms with van der Waals surface area (Å²) < 4.78 is 5.80. The lowest BCUT2D eigenvalue weighted by Crippen LogP contribution is -2.40. The minimum atomic E-state index is -0.0406. The van der Waals surface area contributed by atoms with Crippen molar-refractivity contribution >= 4 is 29.9 Å². The topological polar surface area (TPSA) is 65.7 Å². The van der Waals surface area contributed by atoms with Crippen molar-refractivity contribution in [3.05, 3.63) is 53.7 Å². The molecule has 0 aliphatic rings. The van der Waals surface area contributed by atoms with Gasteiger partial charge in [0.2, 0.25) is 5.89 Å². The van der Waals surface area contributed by atoms with E-state index in [0.29, 0.717) is 12.4 Å². The van der Waals surface area contributed by atoms with Crippen molar-refractivity contribution in [2.24, 2.45) is 4.99 Å². The van der Waals surface area contributed by atoms with E-state index < -0.39 is 0 Å². The molecule has 7 heteroatoms. The number of nitrogens with zero attached hydrogens (tertiary/aromatic N) is 3. The maximum atomic E-state index is 5.80. The van der Waals surface area contributed by atoms with E-state index >= 15 is 0 Å². The van der Waals surface area contributed by atoms with Gasteiger partial charge in [-0.1, -0.05) is 51.1 Å². The van der Waals surface area contributed by atoms with Crippen molar-refractivity contribution in [3.8, 4) is 0 Å². The van der Waals surface area contributed by atoms with E-state index in [9.17, 15) is 0 Å². The first kappa shape index (κ1) is 24.4. The van der Waals surface area contributed by atoms with Crippen LogP contribution in [0.2, 0.25) is 0 Å². The van der Waals surface area contributed by atoms with Gasteiger partial charge in [0.1, 0.15) is 12.3 Å². The van der Waals surface area contributed by atoms with Crippen LogP contribution < -0.4 is 10.6 Å². The highest BCUT2D eigenvalue weighted by Gasteiger charge is 2.19. The Labute approximate surface area is 186 Å². The second-order valence-electron chi connectivity index (χ2n) is 7.71. The van der Waals surface area contributed by atoms with Crippen molar-refractivity contribution in [1.29, 1.82) is 0 Å². The number of oxazole rings is 1. The molecule has 0 aliphatic heterocycles. The van der Waals surface area contributed by atoms with Crippen LogP contribution >= 0.6 is 24.0 Å². The van der Waals surface area contributed by atoms with Gasteiger partial charge in [-0.05, 0) is 19.5 Å². The summed E-state index contributed by atoms with van der Waals surface area (Å²) in [6.45, 7) is 12.3.